The van der Waals surface area contributed by atoms with Crippen LogP contribution in [0.1, 0.15) is 47.0 Å². The molecule has 0 saturated carbocycles. The third-order valence-corrected chi connectivity index (χ3v) is 3.72. The summed E-state index contributed by atoms with van der Waals surface area (Å²) >= 11 is 0. The van der Waals surface area contributed by atoms with Crippen LogP contribution in [0, 0.1) is 5.92 Å². The Morgan fingerprint density at radius 3 is 2.72 bits per heavy atom. The topological polar surface area (TPSA) is 24.5 Å². The van der Waals surface area contributed by atoms with Gasteiger partial charge in [-0.1, -0.05) is 27.2 Å². The molecule has 3 nitrogen and oxygen atoms in total. The molecule has 1 fully saturated rings. The van der Waals surface area contributed by atoms with Crippen LogP contribution in [0.25, 0.3) is 0 Å². The lowest BCUT2D eigenvalue weighted by Crippen LogP contribution is -2.57. The van der Waals surface area contributed by atoms with Gasteiger partial charge in [-0.2, -0.15) is 0 Å². The summed E-state index contributed by atoms with van der Waals surface area (Å²) < 4.78 is 5.52. The molecule has 0 aromatic carbocycles. The molecule has 0 aromatic heterocycles. The van der Waals surface area contributed by atoms with E-state index < -0.39 is 0 Å². The maximum absolute atomic E-state index is 5.52. The zero-order valence-electron chi connectivity index (χ0n) is 12.7. The molecule has 0 spiro atoms. The van der Waals surface area contributed by atoms with Crippen molar-refractivity contribution in [3.8, 4) is 0 Å². The maximum atomic E-state index is 5.52. The fraction of sp³-hybridized carbons (Fsp3) is 1.00. The molecule has 1 aliphatic rings. The summed E-state index contributed by atoms with van der Waals surface area (Å²) in [4.78, 5) is 2.64. The minimum absolute atomic E-state index is 0.666. The minimum atomic E-state index is 0.666. The molecule has 0 radical (unpaired) electrons. The molecule has 1 heterocycles. The lowest BCUT2D eigenvalue weighted by molar-refractivity contribution is 0.0639. The fourth-order valence-corrected chi connectivity index (χ4v) is 2.87. The van der Waals surface area contributed by atoms with Crippen molar-refractivity contribution < 1.29 is 4.74 Å². The van der Waals surface area contributed by atoms with E-state index in [1.165, 1.54) is 25.8 Å². The number of hydrogen-bond acceptors (Lipinski definition) is 3. The molecule has 1 N–H and O–H groups in total. The third-order valence-electron chi connectivity index (χ3n) is 3.72. The van der Waals surface area contributed by atoms with Gasteiger partial charge in [0.15, 0.2) is 0 Å². The van der Waals surface area contributed by atoms with E-state index >= 15 is 0 Å². The summed E-state index contributed by atoms with van der Waals surface area (Å²) in [6.45, 7) is 14.1. The lowest BCUT2D eigenvalue weighted by atomic mass is 9.98. The number of nitrogens with zero attached hydrogens (tertiary/aromatic N) is 1. The van der Waals surface area contributed by atoms with Gasteiger partial charge in [0.25, 0.3) is 0 Å². The van der Waals surface area contributed by atoms with E-state index in [1.54, 1.807) is 0 Å². The van der Waals surface area contributed by atoms with Crippen LogP contribution < -0.4 is 5.32 Å². The Labute approximate surface area is 113 Å². The van der Waals surface area contributed by atoms with Gasteiger partial charge < -0.3 is 10.1 Å². The molecule has 3 heteroatoms. The number of piperazine rings is 1. The van der Waals surface area contributed by atoms with Crippen molar-refractivity contribution in [2.45, 2.75) is 59.0 Å². The highest BCUT2D eigenvalue weighted by Gasteiger charge is 2.27. The first-order valence-corrected chi connectivity index (χ1v) is 7.72. The van der Waals surface area contributed by atoms with E-state index in [2.05, 4.69) is 37.9 Å². The molecule has 108 valence electrons. The largest absolute Gasteiger partial charge is 0.380 e. The van der Waals surface area contributed by atoms with Gasteiger partial charge in [-0.25, -0.2) is 0 Å². The van der Waals surface area contributed by atoms with Gasteiger partial charge in [0.1, 0.15) is 0 Å². The Morgan fingerprint density at radius 2 is 2.11 bits per heavy atom. The molecule has 1 aliphatic heterocycles. The second-order valence-electron chi connectivity index (χ2n) is 5.87. The zero-order chi connectivity index (χ0) is 13.4. The van der Waals surface area contributed by atoms with Crippen LogP contribution in [-0.4, -0.2) is 49.8 Å². The first kappa shape index (κ1) is 15.9. The molecule has 1 saturated heterocycles. The van der Waals surface area contributed by atoms with Crippen molar-refractivity contribution in [3.05, 3.63) is 0 Å². The quantitative estimate of drug-likeness (QED) is 0.675. The first-order valence-electron chi connectivity index (χ1n) is 7.72. The SMILES string of the molecule is CCCC1CNC(CC(C)C)CN1CCOCC. The summed E-state index contributed by atoms with van der Waals surface area (Å²) in [7, 11) is 0. The van der Waals surface area contributed by atoms with Crippen LogP contribution >= 0.6 is 0 Å². The molecular weight excluding hydrogens is 224 g/mol. The average molecular weight is 256 g/mol. The van der Waals surface area contributed by atoms with E-state index in [0.717, 1.165) is 32.2 Å². The van der Waals surface area contributed by atoms with Crippen molar-refractivity contribution in [1.82, 2.24) is 10.2 Å². The van der Waals surface area contributed by atoms with Gasteiger partial charge in [-0.05, 0) is 25.7 Å². The van der Waals surface area contributed by atoms with Crippen LogP contribution in [0.5, 0.6) is 0 Å². The number of ether oxygens (including phenoxy) is 1. The average Bonchev–Trinajstić information content (AvgIpc) is 2.32. The normalized spacial score (nSPS) is 25.8. The van der Waals surface area contributed by atoms with Crippen LogP contribution in [0.4, 0.5) is 0 Å². The van der Waals surface area contributed by atoms with Gasteiger partial charge in [0.05, 0.1) is 6.61 Å². The Morgan fingerprint density at radius 1 is 1.33 bits per heavy atom. The van der Waals surface area contributed by atoms with E-state index in [9.17, 15) is 0 Å². The highest BCUT2D eigenvalue weighted by Crippen LogP contribution is 2.16. The second kappa shape index (κ2) is 8.89. The second-order valence-corrected chi connectivity index (χ2v) is 5.87. The minimum Gasteiger partial charge on any atom is -0.380 e. The van der Waals surface area contributed by atoms with Crippen LogP contribution in [0.15, 0.2) is 0 Å². The van der Waals surface area contributed by atoms with Crippen molar-refractivity contribution in [1.29, 1.82) is 0 Å². The molecule has 0 aliphatic carbocycles. The van der Waals surface area contributed by atoms with Gasteiger partial charge in [0.2, 0.25) is 0 Å². The number of rotatable bonds is 8. The Balaban J connectivity index is 2.41. The van der Waals surface area contributed by atoms with Crippen molar-refractivity contribution >= 4 is 0 Å². The molecule has 0 bridgehead atoms. The van der Waals surface area contributed by atoms with Gasteiger partial charge >= 0.3 is 0 Å². The summed E-state index contributed by atoms with van der Waals surface area (Å²) in [5.41, 5.74) is 0. The van der Waals surface area contributed by atoms with Gasteiger partial charge in [-0.3, -0.25) is 4.90 Å². The van der Waals surface area contributed by atoms with E-state index in [-0.39, 0.29) is 0 Å². The highest BCUT2D eigenvalue weighted by molar-refractivity contribution is 4.86. The zero-order valence-corrected chi connectivity index (χ0v) is 12.7. The standard InChI is InChI=1S/C15H32N2O/c1-5-7-15-11-16-14(10-13(3)4)12-17(15)8-9-18-6-2/h13-16H,5-12H2,1-4H3. The molecular formula is C15H32N2O. The third kappa shape index (κ3) is 5.68. The monoisotopic (exact) mass is 256 g/mol. The molecule has 2 atom stereocenters. The van der Waals surface area contributed by atoms with E-state index in [4.69, 9.17) is 4.74 Å². The Hall–Kier alpha value is -0.120. The smallest absolute Gasteiger partial charge is 0.0593 e. The maximum Gasteiger partial charge on any atom is 0.0593 e. The highest BCUT2D eigenvalue weighted by atomic mass is 16.5. The first-order chi connectivity index (χ1) is 8.67. The van der Waals surface area contributed by atoms with Crippen molar-refractivity contribution in [2.24, 2.45) is 5.92 Å². The Kier molecular flexibility index (Phi) is 7.87. The summed E-state index contributed by atoms with van der Waals surface area (Å²) in [5, 5.41) is 3.72. The molecule has 2 unspecified atom stereocenters. The molecule has 0 amide bonds. The van der Waals surface area contributed by atoms with Crippen LogP contribution in [0.2, 0.25) is 0 Å². The van der Waals surface area contributed by atoms with Crippen LogP contribution in [0.3, 0.4) is 0 Å². The summed E-state index contributed by atoms with van der Waals surface area (Å²) in [6.07, 6.45) is 3.85. The van der Waals surface area contributed by atoms with E-state index in [1.807, 2.05) is 0 Å². The number of hydrogen-bond donors (Lipinski definition) is 1. The van der Waals surface area contributed by atoms with Crippen molar-refractivity contribution in [3.63, 3.8) is 0 Å². The predicted molar refractivity (Wildman–Crippen MR) is 78.0 cm³/mol. The van der Waals surface area contributed by atoms with Crippen LogP contribution in [-0.2, 0) is 4.74 Å². The number of nitrogens with one attached hydrogen (secondary N) is 1. The van der Waals surface area contributed by atoms with Crippen molar-refractivity contribution in [2.75, 3.05) is 32.8 Å². The lowest BCUT2D eigenvalue weighted by Gasteiger charge is -2.41. The molecule has 0 aromatic rings. The Bertz CT molecular complexity index is 209. The van der Waals surface area contributed by atoms with Gasteiger partial charge in [-0.15, -0.1) is 0 Å². The summed E-state index contributed by atoms with van der Waals surface area (Å²) in [5.74, 6) is 0.777. The van der Waals surface area contributed by atoms with E-state index in [0.29, 0.717) is 12.1 Å². The summed E-state index contributed by atoms with van der Waals surface area (Å²) in [6, 6.07) is 1.37. The predicted octanol–water partition coefficient (Wildman–Crippen LogP) is 2.51. The van der Waals surface area contributed by atoms with Gasteiger partial charge in [0, 0.05) is 38.3 Å². The fourth-order valence-electron chi connectivity index (χ4n) is 2.87. The molecule has 1 rings (SSSR count). The molecule has 18 heavy (non-hydrogen) atoms.